The SMILES string of the molecule is COc1cc(/C=C/C(=O)OC[C@H]2O[C@H](O[C@]3(CO)O[C@H](CO)[C@@H](O)[C@@H]3O)[C@H](O)[C@@H](O)[C@@H]2O)ccc1O[C@@H]1O[C@H](CO)[C@@H](O)[C@H](O)[C@H]1O. The van der Waals surface area contributed by atoms with E-state index in [2.05, 4.69) is 0 Å². The summed E-state index contributed by atoms with van der Waals surface area (Å²) >= 11 is 0. The molecular weight excluding hydrogens is 640 g/mol. The van der Waals surface area contributed by atoms with Crippen molar-refractivity contribution in [2.75, 3.05) is 33.5 Å². The van der Waals surface area contributed by atoms with Crippen molar-refractivity contribution in [2.24, 2.45) is 0 Å². The van der Waals surface area contributed by atoms with E-state index in [0.29, 0.717) is 5.56 Å². The van der Waals surface area contributed by atoms with E-state index in [1.54, 1.807) is 0 Å². The molecule has 0 unspecified atom stereocenters. The van der Waals surface area contributed by atoms with Crippen LogP contribution in [-0.2, 0) is 28.5 Å². The topological polar surface area (TPSA) is 304 Å². The van der Waals surface area contributed by atoms with Gasteiger partial charge in [0.1, 0.15) is 80.4 Å². The smallest absolute Gasteiger partial charge is 0.330 e. The van der Waals surface area contributed by atoms with Crippen molar-refractivity contribution in [3.63, 3.8) is 0 Å². The number of carbonyl (C=O) groups is 1. The molecule has 47 heavy (non-hydrogen) atoms. The van der Waals surface area contributed by atoms with E-state index in [9.17, 15) is 61.0 Å². The Labute approximate surface area is 266 Å². The molecule has 0 amide bonds. The zero-order valence-electron chi connectivity index (χ0n) is 24.9. The minimum Gasteiger partial charge on any atom is -0.493 e. The molecule has 0 aromatic heterocycles. The molecule has 0 bridgehead atoms. The Kier molecular flexibility index (Phi) is 12.5. The van der Waals surface area contributed by atoms with Gasteiger partial charge in [0.05, 0.1) is 20.3 Å². The molecule has 19 nitrogen and oxygen atoms in total. The normalized spacial score (nSPS) is 40.8. The average Bonchev–Trinajstić information content (AvgIpc) is 3.32. The zero-order chi connectivity index (χ0) is 34.6. The molecule has 4 rings (SSSR count). The summed E-state index contributed by atoms with van der Waals surface area (Å²) in [5, 5.41) is 110. The number of ether oxygens (including phenoxy) is 7. The Morgan fingerprint density at radius 3 is 2.00 bits per heavy atom. The molecule has 3 saturated heterocycles. The lowest BCUT2D eigenvalue weighted by Gasteiger charge is -2.43. The first-order valence-electron chi connectivity index (χ1n) is 14.4. The second kappa shape index (κ2) is 15.8. The Morgan fingerprint density at radius 2 is 1.40 bits per heavy atom. The molecule has 266 valence electrons. The molecule has 0 radical (unpaired) electrons. The Morgan fingerprint density at radius 1 is 0.787 bits per heavy atom. The minimum atomic E-state index is -2.37. The molecule has 3 aliphatic heterocycles. The lowest BCUT2D eigenvalue weighted by Crippen LogP contribution is -2.62. The number of aliphatic hydroxyl groups excluding tert-OH is 11. The van der Waals surface area contributed by atoms with E-state index >= 15 is 0 Å². The molecule has 0 saturated carbocycles. The molecule has 1 aromatic carbocycles. The number of rotatable bonds is 12. The van der Waals surface area contributed by atoms with Gasteiger partial charge in [-0.3, -0.25) is 0 Å². The Hall–Kier alpha value is -2.57. The first-order chi connectivity index (χ1) is 22.3. The number of methoxy groups -OCH3 is 1. The third kappa shape index (κ3) is 7.85. The van der Waals surface area contributed by atoms with Crippen LogP contribution in [0.5, 0.6) is 11.5 Å². The second-order valence-electron chi connectivity index (χ2n) is 11.1. The van der Waals surface area contributed by atoms with E-state index < -0.39 is 118 Å². The predicted molar refractivity (Wildman–Crippen MR) is 149 cm³/mol. The van der Waals surface area contributed by atoms with Gasteiger partial charge in [-0.25, -0.2) is 4.79 Å². The number of hydrogen-bond donors (Lipinski definition) is 11. The van der Waals surface area contributed by atoms with Crippen LogP contribution in [-0.4, -0.2) is 181 Å². The molecule has 3 aliphatic rings. The highest BCUT2D eigenvalue weighted by Gasteiger charge is 2.58. The molecule has 11 N–H and O–H groups in total. The van der Waals surface area contributed by atoms with Crippen LogP contribution in [0.25, 0.3) is 6.08 Å². The van der Waals surface area contributed by atoms with Crippen molar-refractivity contribution in [1.29, 1.82) is 0 Å². The van der Waals surface area contributed by atoms with Crippen LogP contribution in [0.1, 0.15) is 5.56 Å². The fraction of sp³-hybridized carbons (Fsp3) is 0.679. The summed E-state index contributed by atoms with van der Waals surface area (Å²) in [5.74, 6) is -3.14. The number of esters is 1. The van der Waals surface area contributed by atoms with Gasteiger partial charge >= 0.3 is 5.97 Å². The molecular formula is C28H40O19. The van der Waals surface area contributed by atoms with Crippen LogP contribution in [0.2, 0.25) is 0 Å². The molecule has 14 atom stereocenters. The van der Waals surface area contributed by atoms with Crippen LogP contribution in [0.15, 0.2) is 24.3 Å². The highest BCUT2D eigenvalue weighted by atomic mass is 16.8. The first-order valence-corrected chi connectivity index (χ1v) is 14.4. The average molecular weight is 681 g/mol. The maximum atomic E-state index is 12.5. The highest BCUT2D eigenvalue weighted by Crippen LogP contribution is 2.36. The zero-order valence-corrected chi connectivity index (χ0v) is 24.9. The minimum absolute atomic E-state index is 0.0531. The van der Waals surface area contributed by atoms with Crippen molar-refractivity contribution < 1.29 is 94.1 Å². The van der Waals surface area contributed by atoms with E-state index in [4.69, 9.17) is 33.2 Å². The number of benzene rings is 1. The van der Waals surface area contributed by atoms with E-state index in [-0.39, 0.29) is 11.5 Å². The van der Waals surface area contributed by atoms with Gasteiger partial charge in [-0.15, -0.1) is 0 Å². The quantitative estimate of drug-likeness (QED) is 0.0723. The lowest BCUT2D eigenvalue weighted by atomic mass is 9.99. The third-order valence-corrected chi connectivity index (χ3v) is 7.97. The van der Waals surface area contributed by atoms with Gasteiger partial charge in [0, 0.05) is 6.08 Å². The predicted octanol–water partition coefficient (Wildman–Crippen LogP) is -5.94. The number of aliphatic hydroxyl groups is 11. The summed E-state index contributed by atoms with van der Waals surface area (Å²) in [7, 11) is 1.31. The van der Waals surface area contributed by atoms with Gasteiger partial charge in [0.25, 0.3) is 0 Å². The number of carbonyl (C=O) groups excluding carboxylic acids is 1. The van der Waals surface area contributed by atoms with E-state index in [1.165, 1.54) is 31.4 Å². The monoisotopic (exact) mass is 680 g/mol. The van der Waals surface area contributed by atoms with E-state index in [0.717, 1.165) is 6.08 Å². The van der Waals surface area contributed by atoms with Crippen LogP contribution in [0, 0.1) is 0 Å². The molecule has 1 aromatic rings. The summed E-state index contributed by atoms with van der Waals surface area (Å²) in [6, 6.07) is 4.32. The standard InChI is InChI=1S/C28H40O19/c1-41-13-6-11(2-4-12(13)43-26-23(38)21(36)18(33)14(7-29)44-26)3-5-17(32)42-9-16-19(34)22(37)24(39)27(45-16)47-28(10-31)25(40)20(35)15(8-30)46-28/h2-6,14-16,18-27,29-31,33-40H,7-10H2,1H3/b5-3+/t14-,15-,16-,18-,19-,20-,21+,22+,23-,24-,25+,26-,27-,28+/m1/s1. The summed E-state index contributed by atoms with van der Waals surface area (Å²) in [5.41, 5.74) is 0.397. The van der Waals surface area contributed by atoms with Gasteiger partial charge in [0.15, 0.2) is 17.8 Å². The molecule has 3 heterocycles. The van der Waals surface area contributed by atoms with Crippen molar-refractivity contribution in [3.8, 4) is 11.5 Å². The Balaban J connectivity index is 1.36. The highest BCUT2D eigenvalue weighted by molar-refractivity contribution is 5.87. The van der Waals surface area contributed by atoms with Gasteiger partial charge in [-0.1, -0.05) is 6.07 Å². The second-order valence-corrected chi connectivity index (χ2v) is 11.1. The number of hydrogen-bond acceptors (Lipinski definition) is 19. The fourth-order valence-corrected chi connectivity index (χ4v) is 5.17. The molecule has 0 aliphatic carbocycles. The van der Waals surface area contributed by atoms with Crippen molar-refractivity contribution in [2.45, 2.75) is 85.5 Å². The van der Waals surface area contributed by atoms with Crippen molar-refractivity contribution in [3.05, 3.63) is 29.8 Å². The summed E-state index contributed by atoms with van der Waals surface area (Å²) in [6.07, 6.45) is -19.1. The molecule has 0 spiro atoms. The maximum Gasteiger partial charge on any atom is 0.330 e. The van der Waals surface area contributed by atoms with Crippen LogP contribution >= 0.6 is 0 Å². The first kappa shape index (κ1) is 37.3. The van der Waals surface area contributed by atoms with Crippen molar-refractivity contribution in [1.82, 2.24) is 0 Å². The largest absolute Gasteiger partial charge is 0.493 e. The summed E-state index contributed by atoms with van der Waals surface area (Å²) in [6.45, 7) is -3.13. The lowest BCUT2D eigenvalue weighted by molar-refractivity contribution is -0.383. The van der Waals surface area contributed by atoms with E-state index in [1.807, 2.05) is 0 Å². The van der Waals surface area contributed by atoms with Gasteiger partial charge in [-0.05, 0) is 23.8 Å². The summed E-state index contributed by atoms with van der Waals surface area (Å²) < 4.78 is 37.4. The maximum absolute atomic E-state index is 12.5. The van der Waals surface area contributed by atoms with Crippen LogP contribution in [0.4, 0.5) is 0 Å². The molecule has 3 fully saturated rings. The van der Waals surface area contributed by atoms with Gasteiger partial charge < -0.3 is 89.3 Å². The summed E-state index contributed by atoms with van der Waals surface area (Å²) in [4.78, 5) is 12.5. The van der Waals surface area contributed by atoms with Gasteiger partial charge in [0.2, 0.25) is 12.1 Å². The van der Waals surface area contributed by atoms with Crippen LogP contribution < -0.4 is 9.47 Å². The Bertz CT molecular complexity index is 1210. The molecule has 19 heteroatoms. The van der Waals surface area contributed by atoms with Gasteiger partial charge in [-0.2, -0.15) is 0 Å². The third-order valence-electron chi connectivity index (χ3n) is 7.97. The van der Waals surface area contributed by atoms with Crippen molar-refractivity contribution >= 4 is 12.0 Å². The van der Waals surface area contributed by atoms with Crippen LogP contribution in [0.3, 0.4) is 0 Å². The fourth-order valence-electron chi connectivity index (χ4n) is 5.17.